The molecule has 0 saturated heterocycles. The highest BCUT2D eigenvalue weighted by molar-refractivity contribution is 6.34. The fourth-order valence-corrected chi connectivity index (χ4v) is 3.62. The predicted molar refractivity (Wildman–Crippen MR) is 139 cm³/mol. The van der Waals surface area contributed by atoms with Crippen LogP contribution < -0.4 is 4.90 Å². The van der Waals surface area contributed by atoms with Gasteiger partial charge in [-0.2, -0.15) is 0 Å². The van der Waals surface area contributed by atoms with Crippen LogP contribution in [0.5, 0.6) is 5.75 Å². The van der Waals surface area contributed by atoms with Gasteiger partial charge < -0.3 is 19.5 Å². The maximum Gasteiger partial charge on any atom is 0.338 e. The number of carbonyl (C=O) groups is 3. The van der Waals surface area contributed by atoms with E-state index < -0.39 is 23.1 Å². The third kappa shape index (κ3) is 9.51. The molecule has 0 aromatic heterocycles. The fourth-order valence-electron chi connectivity index (χ4n) is 3.32. The normalized spacial score (nSPS) is 11.8. The largest absolute Gasteiger partial charge is 0.508 e. The Morgan fingerprint density at radius 3 is 2.14 bits per heavy atom. The number of phenols is 1. The van der Waals surface area contributed by atoms with Crippen molar-refractivity contribution in [2.75, 3.05) is 25.0 Å². The molecule has 0 aliphatic rings. The molecule has 1 amide bonds. The number of hydrogen-bond donors (Lipinski definition) is 1. The lowest BCUT2D eigenvalue weighted by Crippen LogP contribution is -2.42. The summed E-state index contributed by atoms with van der Waals surface area (Å²) in [6.07, 6.45) is 0. The van der Waals surface area contributed by atoms with Gasteiger partial charge in [0.25, 0.3) is 0 Å². The second kappa shape index (κ2) is 11.8. The molecule has 0 fully saturated rings. The van der Waals surface area contributed by atoms with Crippen molar-refractivity contribution in [2.45, 2.75) is 59.3 Å². The van der Waals surface area contributed by atoms with E-state index >= 15 is 0 Å². The minimum Gasteiger partial charge on any atom is -0.508 e. The average Bonchev–Trinajstić information content (AvgIpc) is 2.70. The number of amides is 1. The number of anilines is 1. The Hall–Kier alpha value is -3.10. The van der Waals surface area contributed by atoms with E-state index in [2.05, 4.69) is 0 Å². The van der Waals surface area contributed by atoms with Crippen LogP contribution in [0.1, 0.15) is 57.5 Å². The molecular formula is C27H35ClN2O6. The molecule has 1 N–H and O–H groups in total. The lowest BCUT2D eigenvalue weighted by molar-refractivity contribution is -0.156. The lowest BCUT2D eigenvalue weighted by atomic mass is 10.1. The number of rotatable bonds is 8. The van der Waals surface area contributed by atoms with E-state index in [1.54, 1.807) is 77.8 Å². The zero-order valence-corrected chi connectivity index (χ0v) is 22.7. The number of esters is 2. The van der Waals surface area contributed by atoms with Crippen LogP contribution >= 0.6 is 11.6 Å². The Morgan fingerprint density at radius 1 is 0.917 bits per heavy atom. The summed E-state index contributed by atoms with van der Waals surface area (Å²) in [5.41, 5.74) is 0.199. The molecule has 0 heterocycles. The summed E-state index contributed by atoms with van der Waals surface area (Å²) >= 11 is 6.20. The van der Waals surface area contributed by atoms with Gasteiger partial charge in [-0.25, -0.2) is 4.79 Å². The van der Waals surface area contributed by atoms with Crippen LogP contribution in [0.4, 0.5) is 5.69 Å². The van der Waals surface area contributed by atoms with Gasteiger partial charge >= 0.3 is 11.9 Å². The number of halogens is 1. The zero-order valence-electron chi connectivity index (χ0n) is 21.9. The standard InChI is InChI=1S/C27H35ClN2O6/c1-26(2,3)35-24(33)17-30(16-23(32)29(7)22-12-11-20(31)14-21(22)28)15-18-9-8-10-19(13-18)25(34)36-27(4,5)6/h8-14,31H,15-17H2,1-7H3. The quantitative estimate of drug-likeness (QED) is 0.501. The third-order valence-corrected chi connectivity index (χ3v) is 5.07. The van der Waals surface area contributed by atoms with Crippen LogP contribution in [-0.2, 0) is 25.6 Å². The summed E-state index contributed by atoms with van der Waals surface area (Å²) in [6, 6.07) is 11.2. The number of phenolic OH excluding ortho intramolecular Hbond substituents is 1. The molecule has 0 unspecified atom stereocenters. The molecule has 9 heteroatoms. The van der Waals surface area contributed by atoms with Crippen LogP contribution in [0, 0.1) is 0 Å². The van der Waals surface area contributed by atoms with Crippen molar-refractivity contribution in [2.24, 2.45) is 0 Å². The smallest absolute Gasteiger partial charge is 0.338 e. The van der Waals surface area contributed by atoms with Crippen molar-refractivity contribution in [3.8, 4) is 5.75 Å². The average molecular weight is 519 g/mol. The first-order valence-corrected chi connectivity index (χ1v) is 11.9. The van der Waals surface area contributed by atoms with E-state index in [0.29, 0.717) is 11.3 Å². The first-order valence-electron chi connectivity index (χ1n) is 11.6. The number of aromatic hydroxyl groups is 1. The molecule has 0 aliphatic heterocycles. The predicted octanol–water partition coefficient (Wildman–Crippen LogP) is 4.81. The van der Waals surface area contributed by atoms with Gasteiger partial charge in [0.2, 0.25) is 5.91 Å². The number of hydrogen-bond acceptors (Lipinski definition) is 7. The zero-order chi connectivity index (χ0) is 27.3. The molecule has 0 spiro atoms. The van der Waals surface area contributed by atoms with Crippen molar-refractivity contribution < 1.29 is 29.0 Å². The van der Waals surface area contributed by atoms with Gasteiger partial charge in [-0.3, -0.25) is 14.5 Å². The third-order valence-electron chi connectivity index (χ3n) is 4.77. The van der Waals surface area contributed by atoms with Gasteiger partial charge in [0.1, 0.15) is 17.0 Å². The Labute approximate surface area is 217 Å². The van der Waals surface area contributed by atoms with Crippen LogP contribution in [0.25, 0.3) is 0 Å². The minimum absolute atomic E-state index is 0.0129. The summed E-state index contributed by atoms with van der Waals surface area (Å²) < 4.78 is 10.9. The van der Waals surface area contributed by atoms with Crippen LogP contribution in [0.2, 0.25) is 5.02 Å². The first kappa shape index (κ1) is 29.1. The van der Waals surface area contributed by atoms with Crippen molar-refractivity contribution in [1.29, 1.82) is 0 Å². The van der Waals surface area contributed by atoms with Crippen LogP contribution in [0.3, 0.4) is 0 Å². The number of likely N-dealkylation sites (N-methyl/N-ethyl adjacent to an activating group) is 1. The number of carbonyl (C=O) groups excluding carboxylic acids is 3. The van der Waals surface area contributed by atoms with E-state index in [1.807, 2.05) is 0 Å². The van der Waals surface area contributed by atoms with Crippen molar-refractivity contribution in [3.05, 3.63) is 58.6 Å². The summed E-state index contributed by atoms with van der Waals surface area (Å²) in [6.45, 7) is 10.6. The van der Waals surface area contributed by atoms with E-state index in [-0.39, 0.29) is 36.3 Å². The maximum absolute atomic E-state index is 13.1. The molecule has 2 aromatic rings. The van der Waals surface area contributed by atoms with E-state index in [9.17, 15) is 19.5 Å². The Kier molecular flexibility index (Phi) is 9.51. The minimum atomic E-state index is -0.681. The van der Waals surface area contributed by atoms with Gasteiger partial charge in [-0.15, -0.1) is 0 Å². The van der Waals surface area contributed by atoms with E-state index in [4.69, 9.17) is 21.1 Å². The number of benzene rings is 2. The monoisotopic (exact) mass is 518 g/mol. The Bertz CT molecular complexity index is 1100. The summed E-state index contributed by atoms with van der Waals surface area (Å²) in [7, 11) is 1.56. The number of nitrogens with zero attached hydrogens (tertiary/aromatic N) is 2. The molecule has 0 radical (unpaired) electrons. The fraction of sp³-hybridized carbons (Fsp3) is 0.444. The summed E-state index contributed by atoms with van der Waals surface area (Å²) in [4.78, 5) is 41.2. The van der Waals surface area contributed by atoms with Crippen LogP contribution in [0.15, 0.2) is 42.5 Å². The molecule has 0 bridgehead atoms. The second-order valence-corrected chi connectivity index (χ2v) is 10.9. The lowest BCUT2D eigenvalue weighted by Gasteiger charge is -2.27. The maximum atomic E-state index is 13.1. The Morgan fingerprint density at radius 2 is 1.56 bits per heavy atom. The highest BCUT2D eigenvalue weighted by Gasteiger charge is 2.24. The van der Waals surface area contributed by atoms with Gasteiger partial charge in [-0.05, 0) is 71.4 Å². The van der Waals surface area contributed by atoms with E-state index in [1.165, 1.54) is 23.1 Å². The van der Waals surface area contributed by atoms with Gasteiger partial charge in [0, 0.05) is 19.7 Å². The van der Waals surface area contributed by atoms with E-state index in [0.717, 1.165) is 5.56 Å². The molecule has 8 nitrogen and oxygen atoms in total. The number of ether oxygens (including phenoxy) is 2. The molecule has 36 heavy (non-hydrogen) atoms. The van der Waals surface area contributed by atoms with Crippen LogP contribution in [-0.4, -0.2) is 59.2 Å². The first-order chi connectivity index (χ1) is 16.5. The summed E-state index contributed by atoms with van der Waals surface area (Å²) in [5.74, 6) is -1.28. The molecule has 196 valence electrons. The van der Waals surface area contributed by atoms with Crippen molar-refractivity contribution in [1.82, 2.24) is 4.90 Å². The molecule has 0 atom stereocenters. The van der Waals surface area contributed by atoms with Crippen molar-refractivity contribution in [3.63, 3.8) is 0 Å². The molecule has 0 saturated carbocycles. The SMILES string of the molecule is CN(C(=O)CN(CC(=O)OC(C)(C)C)Cc1cccc(C(=O)OC(C)(C)C)c1)c1ccc(O)cc1Cl. The van der Waals surface area contributed by atoms with Gasteiger partial charge in [-0.1, -0.05) is 23.7 Å². The Balaban J connectivity index is 2.25. The highest BCUT2D eigenvalue weighted by Crippen LogP contribution is 2.28. The molecule has 0 aliphatic carbocycles. The molecular weight excluding hydrogens is 484 g/mol. The van der Waals surface area contributed by atoms with Gasteiger partial charge in [0.15, 0.2) is 0 Å². The topological polar surface area (TPSA) is 96.4 Å². The van der Waals surface area contributed by atoms with Crippen molar-refractivity contribution >= 4 is 35.1 Å². The molecule has 2 aromatic carbocycles. The second-order valence-electron chi connectivity index (χ2n) is 10.5. The summed E-state index contributed by atoms with van der Waals surface area (Å²) in [5, 5.41) is 9.82. The molecule has 2 rings (SSSR count). The van der Waals surface area contributed by atoms with Gasteiger partial charge in [0.05, 0.1) is 29.4 Å². The highest BCUT2D eigenvalue weighted by atomic mass is 35.5.